The van der Waals surface area contributed by atoms with Crippen molar-refractivity contribution < 1.29 is 14.3 Å². The highest BCUT2D eigenvalue weighted by Gasteiger charge is 2.45. The van der Waals surface area contributed by atoms with E-state index < -0.39 is 5.79 Å². The molecule has 0 bridgehead atoms. The van der Waals surface area contributed by atoms with E-state index in [0.717, 1.165) is 65.2 Å². The molecule has 4 heterocycles. The number of benzene rings is 2. The normalized spacial score (nSPS) is 18.6. The van der Waals surface area contributed by atoms with Gasteiger partial charge in [-0.2, -0.15) is 0 Å². The van der Waals surface area contributed by atoms with Crippen LogP contribution in [0.15, 0.2) is 61.3 Å². The molecular weight excluding hydrogens is 554 g/mol. The Morgan fingerprint density at radius 1 is 1.11 bits per heavy atom. The summed E-state index contributed by atoms with van der Waals surface area (Å²) in [6.45, 7) is 12.0. The lowest BCUT2D eigenvalue weighted by Gasteiger charge is -2.26. The van der Waals surface area contributed by atoms with Gasteiger partial charge >= 0.3 is 0 Å². The van der Waals surface area contributed by atoms with Gasteiger partial charge in [0.2, 0.25) is 11.9 Å². The number of hydrogen-bond donors (Lipinski definition) is 2. The van der Waals surface area contributed by atoms with Crippen molar-refractivity contribution in [1.29, 1.82) is 0 Å². The fraction of sp³-hybridized carbons (Fsp3) is 0.382. The van der Waals surface area contributed by atoms with E-state index in [1.807, 2.05) is 54.0 Å². The number of carbonyl (C=O) groups excluding carboxylic acids is 1. The summed E-state index contributed by atoms with van der Waals surface area (Å²) in [6, 6.07) is 14.4. The predicted molar refractivity (Wildman–Crippen MR) is 176 cm³/mol. The minimum atomic E-state index is -0.597. The molecule has 2 aromatic heterocycles. The monoisotopic (exact) mass is 595 g/mol. The van der Waals surface area contributed by atoms with Crippen LogP contribution in [0.5, 0.6) is 0 Å². The fourth-order valence-electron chi connectivity index (χ4n) is 6.25. The molecular formula is C34H41N7O3. The Morgan fingerprint density at radius 3 is 2.66 bits per heavy atom. The van der Waals surface area contributed by atoms with Gasteiger partial charge in [-0.1, -0.05) is 24.8 Å². The van der Waals surface area contributed by atoms with Gasteiger partial charge in [0.15, 0.2) is 5.79 Å². The van der Waals surface area contributed by atoms with E-state index >= 15 is 0 Å². The first kappa shape index (κ1) is 29.8. The third-order valence-electron chi connectivity index (χ3n) is 8.36. The van der Waals surface area contributed by atoms with Crippen LogP contribution in [0.1, 0.15) is 25.1 Å². The van der Waals surface area contributed by atoms with E-state index in [4.69, 9.17) is 14.5 Å². The summed E-state index contributed by atoms with van der Waals surface area (Å²) in [5.41, 5.74) is 7.68. The van der Waals surface area contributed by atoms with Gasteiger partial charge in [-0.3, -0.25) is 4.79 Å². The molecule has 6 rings (SSSR count). The number of hydrogen-bond acceptors (Lipinski definition) is 8. The van der Waals surface area contributed by atoms with E-state index in [0.29, 0.717) is 11.6 Å². The van der Waals surface area contributed by atoms with Gasteiger partial charge in [-0.05, 0) is 70.8 Å². The van der Waals surface area contributed by atoms with Gasteiger partial charge in [0.05, 0.1) is 29.7 Å². The van der Waals surface area contributed by atoms with Crippen LogP contribution in [0.3, 0.4) is 0 Å². The first-order chi connectivity index (χ1) is 21.0. The molecule has 230 valence electrons. The summed E-state index contributed by atoms with van der Waals surface area (Å²) in [4.78, 5) is 26.2. The smallest absolute Gasteiger partial charge is 0.247 e. The Hall–Kier alpha value is -4.25. The zero-order chi connectivity index (χ0) is 31.2. The maximum absolute atomic E-state index is 12.4. The second-order valence-electron chi connectivity index (χ2n) is 12.4. The molecule has 0 saturated carbocycles. The van der Waals surface area contributed by atoms with Crippen LogP contribution in [0.2, 0.25) is 0 Å². The van der Waals surface area contributed by atoms with E-state index in [1.165, 1.54) is 11.8 Å². The third kappa shape index (κ3) is 5.80. The molecule has 10 heteroatoms. The largest absolute Gasteiger partial charge is 0.372 e. The first-order valence-electron chi connectivity index (χ1n) is 15.0. The Bertz CT molecular complexity index is 1730. The lowest BCUT2D eigenvalue weighted by atomic mass is 9.99. The molecule has 0 aliphatic carbocycles. The van der Waals surface area contributed by atoms with Crippen LogP contribution < -0.4 is 15.5 Å². The van der Waals surface area contributed by atoms with Crippen molar-refractivity contribution >= 4 is 39.8 Å². The second kappa shape index (κ2) is 11.7. The van der Waals surface area contributed by atoms with Crippen LogP contribution in [-0.4, -0.2) is 77.6 Å². The van der Waals surface area contributed by atoms with Crippen LogP contribution in [0.4, 0.5) is 23.0 Å². The second-order valence-corrected chi connectivity index (χ2v) is 12.4. The number of anilines is 4. The van der Waals surface area contributed by atoms with Gasteiger partial charge in [-0.15, -0.1) is 0 Å². The molecule has 2 N–H and O–H groups in total. The van der Waals surface area contributed by atoms with Crippen LogP contribution >= 0.6 is 0 Å². The number of rotatable bonds is 9. The molecule has 0 radical (unpaired) electrons. The molecule has 0 spiro atoms. The highest BCUT2D eigenvalue weighted by Crippen LogP contribution is 2.42. The van der Waals surface area contributed by atoms with E-state index in [-0.39, 0.29) is 18.1 Å². The lowest BCUT2D eigenvalue weighted by molar-refractivity contribution is -0.145. The number of aryl methyl sites for hydroxylation is 1. The fourth-order valence-corrected chi connectivity index (χ4v) is 6.25. The maximum Gasteiger partial charge on any atom is 0.247 e. The number of carbonyl (C=O) groups is 1. The van der Waals surface area contributed by atoms with Crippen LogP contribution in [0.25, 0.3) is 22.2 Å². The number of aromatic nitrogens is 3. The summed E-state index contributed by atoms with van der Waals surface area (Å²) >= 11 is 0. The van der Waals surface area contributed by atoms with Crippen molar-refractivity contribution in [2.45, 2.75) is 51.7 Å². The van der Waals surface area contributed by atoms with E-state index in [1.54, 1.807) is 6.20 Å². The number of nitrogens with zero attached hydrogens (tertiary/aromatic N) is 5. The molecule has 10 nitrogen and oxygen atoms in total. The summed E-state index contributed by atoms with van der Waals surface area (Å²) in [5, 5.41) is 7.54. The average Bonchev–Trinajstić information content (AvgIpc) is 3.47. The van der Waals surface area contributed by atoms with Crippen molar-refractivity contribution in [3.63, 3.8) is 0 Å². The molecule has 2 aliphatic heterocycles. The van der Waals surface area contributed by atoms with Gasteiger partial charge in [0.25, 0.3) is 0 Å². The number of ether oxygens (including phenoxy) is 2. The molecule has 1 fully saturated rings. The molecule has 4 aromatic rings. The van der Waals surface area contributed by atoms with Crippen LogP contribution in [0, 0.1) is 6.92 Å². The molecule has 2 aliphatic rings. The maximum atomic E-state index is 12.4. The quantitative estimate of drug-likeness (QED) is 0.250. The van der Waals surface area contributed by atoms with Crippen molar-refractivity contribution in [3.8, 4) is 11.3 Å². The summed E-state index contributed by atoms with van der Waals surface area (Å²) < 4.78 is 14.9. The SMILES string of the molecule is C=CC(=O)Nc1cc(Nc2nccc(-c3c4n(c5ccccc35)CC3OC(C)(C)OC3C4)n2)c(C)cc1N(C)CCN(C)C. The lowest BCUT2D eigenvalue weighted by Crippen LogP contribution is -2.35. The van der Waals surface area contributed by atoms with Gasteiger partial charge in [0.1, 0.15) is 6.10 Å². The van der Waals surface area contributed by atoms with E-state index in [2.05, 4.69) is 66.9 Å². The number of para-hydroxylation sites is 1. The average molecular weight is 596 g/mol. The molecule has 2 unspecified atom stereocenters. The molecule has 2 atom stereocenters. The van der Waals surface area contributed by atoms with E-state index in [9.17, 15) is 4.79 Å². The van der Waals surface area contributed by atoms with Crippen molar-refractivity contribution in [2.75, 3.05) is 49.8 Å². The van der Waals surface area contributed by atoms with Gasteiger partial charge in [0, 0.05) is 60.6 Å². The van der Waals surface area contributed by atoms with Crippen molar-refractivity contribution in [1.82, 2.24) is 19.4 Å². The highest BCUT2D eigenvalue weighted by molar-refractivity contribution is 6.02. The Balaban J connectivity index is 1.35. The molecule has 1 saturated heterocycles. The zero-order valence-corrected chi connectivity index (χ0v) is 26.3. The minimum absolute atomic E-state index is 0.00688. The minimum Gasteiger partial charge on any atom is -0.372 e. The molecule has 1 amide bonds. The standard InChI is InChI=1S/C34H41N7O3/c1-8-31(42)36-25-18-24(21(2)17-27(25)40(7)16-15-39(5)6)38-33-35-14-13-23(37-33)32-22-11-9-10-12-26(22)41-20-30-29(19-28(32)41)43-34(3,4)44-30/h8-14,17-18,29-30H,1,15-16,19-20H2,2-7H3,(H,36,42)(H,35,37,38). The number of likely N-dealkylation sites (N-methyl/N-ethyl adjacent to an activating group) is 2. The molecule has 2 aromatic carbocycles. The zero-order valence-electron chi connectivity index (χ0n) is 26.3. The van der Waals surface area contributed by atoms with Crippen molar-refractivity contribution in [3.05, 3.63) is 72.6 Å². The number of amides is 1. The summed E-state index contributed by atoms with van der Waals surface area (Å²) in [6.07, 6.45) is 3.79. The number of nitrogens with one attached hydrogen (secondary N) is 2. The topological polar surface area (TPSA) is 96.8 Å². The van der Waals surface area contributed by atoms with Crippen LogP contribution in [-0.2, 0) is 27.2 Å². The Kier molecular flexibility index (Phi) is 7.91. The highest BCUT2D eigenvalue weighted by atomic mass is 16.8. The summed E-state index contributed by atoms with van der Waals surface area (Å²) in [5.74, 6) is -0.396. The predicted octanol–water partition coefficient (Wildman–Crippen LogP) is 5.35. The third-order valence-corrected chi connectivity index (χ3v) is 8.36. The first-order valence-corrected chi connectivity index (χ1v) is 15.0. The Labute approximate surface area is 258 Å². The van der Waals surface area contributed by atoms with Gasteiger partial charge < -0.3 is 34.5 Å². The molecule has 44 heavy (non-hydrogen) atoms. The Morgan fingerprint density at radius 2 is 1.89 bits per heavy atom. The van der Waals surface area contributed by atoms with Gasteiger partial charge in [-0.25, -0.2) is 9.97 Å². The summed E-state index contributed by atoms with van der Waals surface area (Å²) in [7, 11) is 6.11. The number of fused-ring (bicyclic) bond motifs is 4. The van der Waals surface area contributed by atoms with Crippen molar-refractivity contribution in [2.24, 2.45) is 0 Å².